The fourth-order valence-corrected chi connectivity index (χ4v) is 3.14. The number of carbonyl (C=O) groups excluding carboxylic acids is 1. The fraction of sp³-hybridized carbons (Fsp3) is 0.316. The molecule has 6 nitrogen and oxygen atoms in total. The maximum absolute atomic E-state index is 12.9. The van der Waals surface area contributed by atoms with E-state index in [9.17, 15) is 4.79 Å². The number of para-hydroxylation sites is 1. The number of carbonyl (C=O) groups is 1. The molecule has 1 aliphatic rings. The summed E-state index contributed by atoms with van der Waals surface area (Å²) in [5.41, 5.74) is 2.30. The summed E-state index contributed by atoms with van der Waals surface area (Å²) in [4.78, 5) is 12.9. The molecule has 128 valence electrons. The van der Waals surface area contributed by atoms with Gasteiger partial charge in [-0.25, -0.2) is 9.36 Å². The monoisotopic (exact) mass is 335 g/mol. The molecule has 0 bridgehead atoms. The molecule has 1 aromatic carbocycles. The smallest absolute Gasteiger partial charge is 0.259 e. The Bertz CT molecular complexity index is 892. The SMILES string of the molecule is Cc1cnn([C@@H](C)C2CC2)c1NC(=O)c1ccccc1-n1cccn1. The van der Waals surface area contributed by atoms with Gasteiger partial charge in [0.2, 0.25) is 0 Å². The number of anilines is 1. The minimum atomic E-state index is -0.154. The molecular weight excluding hydrogens is 314 g/mol. The predicted octanol–water partition coefficient (Wildman–Crippen LogP) is 3.60. The zero-order valence-corrected chi connectivity index (χ0v) is 14.4. The summed E-state index contributed by atoms with van der Waals surface area (Å²) in [5, 5.41) is 11.8. The Morgan fingerprint density at radius 2 is 2.04 bits per heavy atom. The molecule has 0 spiro atoms. The van der Waals surface area contributed by atoms with Crippen LogP contribution in [0.1, 0.15) is 41.7 Å². The lowest BCUT2D eigenvalue weighted by atomic mass is 10.1. The van der Waals surface area contributed by atoms with Crippen molar-refractivity contribution in [3.05, 3.63) is 60.0 Å². The summed E-state index contributed by atoms with van der Waals surface area (Å²) >= 11 is 0. The zero-order valence-electron chi connectivity index (χ0n) is 14.4. The largest absolute Gasteiger partial charge is 0.306 e. The van der Waals surface area contributed by atoms with E-state index >= 15 is 0 Å². The van der Waals surface area contributed by atoms with Crippen molar-refractivity contribution < 1.29 is 4.79 Å². The topological polar surface area (TPSA) is 64.7 Å². The standard InChI is InChI=1S/C19H21N5O/c1-13-12-21-24(14(2)15-8-9-15)18(13)22-19(25)16-6-3-4-7-17(16)23-11-5-10-20-23/h3-7,10-12,14-15H,8-9H2,1-2H3,(H,22,25)/t14-/m0/s1. The summed E-state index contributed by atoms with van der Waals surface area (Å²) in [5.74, 6) is 1.28. The van der Waals surface area contributed by atoms with Crippen LogP contribution in [-0.4, -0.2) is 25.5 Å². The number of benzene rings is 1. The lowest BCUT2D eigenvalue weighted by Crippen LogP contribution is -2.20. The number of nitrogens with one attached hydrogen (secondary N) is 1. The third-order valence-corrected chi connectivity index (χ3v) is 4.80. The van der Waals surface area contributed by atoms with Crippen LogP contribution in [0.2, 0.25) is 0 Å². The Morgan fingerprint density at radius 3 is 2.76 bits per heavy atom. The molecule has 1 aliphatic carbocycles. The molecule has 1 saturated carbocycles. The first-order valence-corrected chi connectivity index (χ1v) is 8.59. The van der Waals surface area contributed by atoms with Crippen LogP contribution in [-0.2, 0) is 0 Å². The number of rotatable bonds is 5. The Hall–Kier alpha value is -2.89. The van der Waals surface area contributed by atoms with E-state index in [-0.39, 0.29) is 5.91 Å². The van der Waals surface area contributed by atoms with Crippen molar-refractivity contribution in [1.29, 1.82) is 0 Å². The van der Waals surface area contributed by atoms with E-state index in [4.69, 9.17) is 0 Å². The minimum absolute atomic E-state index is 0.154. The van der Waals surface area contributed by atoms with Crippen LogP contribution in [0.3, 0.4) is 0 Å². The second-order valence-corrected chi connectivity index (χ2v) is 6.62. The Kier molecular flexibility index (Phi) is 3.87. The van der Waals surface area contributed by atoms with Crippen LogP contribution < -0.4 is 5.32 Å². The van der Waals surface area contributed by atoms with E-state index in [1.54, 1.807) is 10.9 Å². The average Bonchev–Trinajstić information content (AvgIpc) is 3.22. The molecule has 3 aromatic rings. The Labute approximate surface area is 146 Å². The fourth-order valence-electron chi connectivity index (χ4n) is 3.14. The zero-order chi connectivity index (χ0) is 17.4. The second kappa shape index (κ2) is 6.20. The summed E-state index contributed by atoms with van der Waals surface area (Å²) in [6, 6.07) is 9.60. The molecule has 1 fully saturated rings. The predicted molar refractivity (Wildman–Crippen MR) is 95.9 cm³/mol. The van der Waals surface area contributed by atoms with Gasteiger partial charge in [0.05, 0.1) is 23.5 Å². The van der Waals surface area contributed by atoms with E-state index in [2.05, 4.69) is 22.4 Å². The van der Waals surface area contributed by atoms with Gasteiger partial charge in [-0.15, -0.1) is 0 Å². The number of aryl methyl sites for hydroxylation is 1. The molecule has 0 radical (unpaired) electrons. The first kappa shape index (κ1) is 15.6. The van der Waals surface area contributed by atoms with Crippen molar-refractivity contribution in [3.63, 3.8) is 0 Å². The first-order valence-electron chi connectivity index (χ1n) is 8.59. The number of hydrogen-bond donors (Lipinski definition) is 1. The van der Waals surface area contributed by atoms with E-state index in [1.807, 2.05) is 54.3 Å². The van der Waals surface area contributed by atoms with Gasteiger partial charge in [-0.05, 0) is 50.8 Å². The highest BCUT2D eigenvalue weighted by Gasteiger charge is 2.31. The highest BCUT2D eigenvalue weighted by atomic mass is 16.1. The third-order valence-electron chi connectivity index (χ3n) is 4.80. The van der Waals surface area contributed by atoms with Crippen LogP contribution in [0.5, 0.6) is 0 Å². The van der Waals surface area contributed by atoms with Crippen LogP contribution in [0, 0.1) is 12.8 Å². The van der Waals surface area contributed by atoms with E-state index in [1.165, 1.54) is 12.8 Å². The maximum Gasteiger partial charge on any atom is 0.259 e. The lowest BCUT2D eigenvalue weighted by molar-refractivity contribution is 0.102. The number of aromatic nitrogens is 4. The van der Waals surface area contributed by atoms with E-state index in [0.717, 1.165) is 17.1 Å². The molecular formula is C19H21N5O. The summed E-state index contributed by atoms with van der Waals surface area (Å²) in [7, 11) is 0. The van der Waals surface area contributed by atoms with Crippen molar-refractivity contribution in [1.82, 2.24) is 19.6 Å². The van der Waals surface area contributed by atoms with Gasteiger partial charge >= 0.3 is 0 Å². The number of nitrogens with zero attached hydrogens (tertiary/aromatic N) is 4. The van der Waals surface area contributed by atoms with Gasteiger partial charge in [-0.3, -0.25) is 4.79 Å². The molecule has 1 atom stereocenters. The lowest BCUT2D eigenvalue weighted by Gasteiger charge is -2.17. The maximum atomic E-state index is 12.9. The van der Waals surface area contributed by atoms with E-state index < -0.39 is 0 Å². The van der Waals surface area contributed by atoms with Gasteiger partial charge < -0.3 is 5.32 Å². The Morgan fingerprint density at radius 1 is 1.24 bits per heavy atom. The van der Waals surface area contributed by atoms with Crippen LogP contribution in [0.15, 0.2) is 48.9 Å². The molecule has 2 heterocycles. The van der Waals surface area contributed by atoms with Gasteiger partial charge in [0.1, 0.15) is 5.82 Å². The van der Waals surface area contributed by atoms with Crippen LogP contribution in [0.25, 0.3) is 5.69 Å². The van der Waals surface area contributed by atoms with Gasteiger partial charge in [0.15, 0.2) is 0 Å². The molecule has 2 aromatic heterocycles. The van der Waals surface area contributed by atoms with Crippen molar-refractivity contribution in [2.24, 2.45) is 5.92 Å². The molecule has 4 rings (SSSR count). The molecule has 1 N–H and O–H groups in total. The molecule has 0 aliphatic heterocycles. The minimum Gasteiger partial charge on any atom is -0.306 e. The number of hydrogen-bond acceptors (Lipinski definition) is 3. The van der Waals surface area contributed by atoms with Crippen LogP contribution in [0.4, 0.5) is 5.82 Å². The quantitative estimate of drug-likeness (QED) is 0.775. The summed E-state index contributed by atoms with van der Waals surface area (Å²) in [6.07, 6.45) is 7.81. The second-order valence-electron chi connectivity index (χ2n) is 6.62. The Balaban J connectivity index is 1.65. The molecule has 25 heavy (non-hydrogen) atoms. The highest BCUT2D eigenvalue weighted by molar-refractivity contribution is 6.06. The van der Waals surface area contributed by atoms with Gasteiger partial charge in [-0.2, -0.15) is 10.2 Å². The highest BCUT2D eigenvalue weighted by Crippen LogP contribution is 2.40. The van der Waals surface area contributed by atoms with Crippen molar-refractivity contribution in [2.75, 3.05) is 5.32 Å². The van der Waals surface area contributed by atoms with Crippen molar-refractivity contribution in [2.45, 2.75) is 32.7 Å². The molecule has 0 unspecified atom stereocenters. The first-order chi connectivity index (χ1) is 12.1. The van der Waals surface area contributed by atoms with Gasteiger partial charge in [-0.1, -0.05) is 12.1 Å². The molecule has 0 saturated heterocycles. The normalized spacial score (nSPS) is 15.1. The summed E-state index contributed by atoms with van der Waals surface area (Å²) in [6.45, 7) is 4.13. The van der Waals surface area contributed by atoms with Crippen LogP contribution >= 0.6 is 0 Å². The van der Waals surface area contributed by atoms with Gasteiger partial charge in [0, 0.05) is 18.0 Å². The molecule has 1 amide bonds. The van der Waals surface area contributed by atoms with Gasteiger partial charge in [0.25, 0.3) is 5.91 Å². The van der Waals surface area contributed by atoms with Crippen molar-refractivity contribution >= 4 is 11.7 Å². The summed E-state index contributed by atoms with van der Waals surface area (Å²) < 4.78 is 3.65. The average molecular weight is 335 g/mol. The van der Waals surface area contributed by atoms with Crippen molar-refractivity contribution in [3.8, 4) is 5.69 Å². The third kappa shape index (κ3) is 2.95. The van der Waals surface area contributed by atoms with E-state index in [0.29, 0.717) is 17.5 Å². The molecule has 6 heteroatoms. The number of amides is 1.